The van der Waals surface area contributed by atoms with Gasteiger partial charge in [0.1, 0.15) is 6.10 Å². The second-order valence-electron chi connectivity index (χ2n) is 5.63. The van der Waals surface area contributed by atoms with Gasteiger partial charge in [0, 0.05) is 19.7 Å². The second-order valence-corrected chi connectivity index (χ2v) is 5.63. The van der Waals surface area contributed by atoms with Crippen molar-refractivity contribution in [2.75, 3.05) is 32.8 Å². The Hall–Kier alpha value is -0.610. The summed E-state index contributed by atoms with van der Waals surface area (Å²) in [5, 5.41) is 3.40. The van der Waals surface area contributed by atoms with Gasteiger partial charge in [0.05, 0.1) is 0 Å². The summed E-state index contributed by atoms with van der Waals surface area (Å²) in [6.45, 7) is 8.93. The predicted molar refractivity (Wildman–Crippen MR) is 71.4 cm³/mol. The first kappa shape index (κ1) is 13.8. The van der Waals surface area contributed by atoms with E-state index < -0.39 is 0 Å². The fourth-order valence-electron chi connectivity index (χ4n) is 2.90. The molecule has 2 rings (SSSR count). The molecule has 2 unspecified atom stereocenters. The molecule has 2 atom stereocenters. The number of ether oxygens (including phenoxy) is 1. The van der Waals surface area contributed by atoms with Crippen LogP contribution in [0.15, 0.2) is 0 Å². The van der Waals surface area contributed by atoms with Gasteiger partial charge in [-0.2, -0.15) is 0 Å². The molecule has 0 radical (unpaired) electrons. The monoisotopic (exact) mass is 254 g/mol. The maximum Gasteiger partial charge on any atom is 0.251 e. The molecule has 0 aromatic heterocycles. The van der Waals surface area contributed by atoms with E-state index in [0.29, 0.717) is 5.92 Å². The minimum Gasteiger partial charge on any atom is -0.368 e. The van der Waals surface area contributed by atoms with Gasteiger partial charge >= 0.3 is 0 Å². The van der Waals surface area contributed by atoms with Gasteiger partial charge in [-0.25, -0.2) is 0 Å². The lowest BCUT2D eigenvalue weighted by molar-refractivity contribution is -0.143. The summed E-state index contributed by atoms with van der Waals surface area (Å²) in [5.41, 5.74) is 0. The Morgan fingerprint density at radius 3 is 2.61 bits per heavy atom. The maximum atomic E-state index is 12.3. The summed E-state index contributed by atoms with van der Waals surface area (Å²) in [4.78, 5) is 14.3. The normalized spacial score (nSPS) is 29.8. The number of rotatable bonds is 4. The third-order valence-corrected chi connectivity index (χ3v) is 4.24. The van der Waals surface area contributed by atoms with Crippen molar-refractivity contribution in [1.82, 2.24) is 10.2 Å². The highest BCUT2D eigenvalue weighted by Gasteiger charge is 2.35. The third-order valence-electron chi connectivity index (χ3n) is 4.24. The highest BCUT2D eigenvalue weighted by atomic mass is 16.5. The highest BCUT2D eigenvalue weighted by molar-refractivity contribution is 5.81. The van der Waals surface area contributed by atoms with Crippen molar-refractivity contribution in [3.8, 4) is 0 Å². The van der Waals surface area contributed by atoms with Crippen LogP contribution in [0.25, 0.3) is 0 Å². The molecule has 1 N–H and O–H groups in total. The quantitative estimate of drug-likeness (QED) is 0.821. The maximum absolute atomic E-state index is 12.3. The summed E-state index contributed by atoms with van der Waals surface area (Å²) in [7, 11) is 0. The van der Waals surface area contributed by atoms with Crippen molar-refractivity contribution in [3.63, 3.8) is 0 Å². The largest absolute Gasteiger partial charge is 0.368 e. The zero-order valence-electron chi connectivity index (χ0n) is 11.7. The van der Waals surface area contributed by atoms with Gasteiger partial charge < -0.3 is 15.0 Å². The van der Waals surface area contributed by atoms with E-state index in [-0.39, 0.29) is 12.0 Å². The Morgan fingerprint density at radius 1 is 1.33 bits per heavy atom. The van der Waals surface area contributed by atoms with E-state index in [9.17, 15) is 4.79 Å². The Bertz CT molecular complexity index is 275. The number of nitrogens with one attached hydrogen (secondary N) is 1. The van der Waals surface area contributed by atoms with Crippen molar-refractivity contribution >= 4 is 5.91 Å². The van der Waals surface area contributed by atoms with Gasteiger partial charge in [-0.3, -0.25) is 4.79 Å². The van der Waals surface area contributed by atoms with E-state index >= 15 is 0 Å². The smallest absolute Gasteiger partial charge is 0.251 e. The average molecular weight is 254 g/mol. The molecule has 0 aliphatic carbocycles. The number of hydrogen-bond donors (Lipinski definition) is 1. The highest BCUT2D eigenvalue weighted by Crippen LogP contribution is 2.24. The molecule has 4 heteroatoms. The number of piperidine rings is 1. The molecule has 0 aromatic carbocycles. The molecule has 0 aromatic rings. The number of hydrogen-bond acceptors (Lipinski definition) is 3. The average Bonchev–Trinajstić information content (AvgIpc) is 2.82. The molecule has 4 nitrogen and oxygen atoms in total. The van der Waals surface area contributed by atoms with Crippen molar-refractivity contribution in [2.24, 2.45) is 11.8 Å². The standard InChI is InChI=1S/C14H26N2O2/c1-3-15-10-12-4-7-16(8-5-12)14(17)13-11(2)6-9-18-13/h11-13,15H,3-10H2,1-2H3. The molecule has 2 aliphatic heterocycles. The van der Waals surface area contributed by atoms with E-state index in [1.807, 2.05) is 4.90 Å². The third kappa shape index (κ3) is 3.23. The fourth-order valence-corrected chi connectivity index (χ4v) is 2.90. The number of carbonyl (C=O) groups excluding carboxylic acids is 1. The fraction of sp³-hybridized carbons (Fsp3) is 0.929. The van der Waals surface area contributed by atoms with Gasteiger partial charge in [0.2, 0.25) is 0 Å². The summed E-state index contributed by atoms with van der Waals surface area (Å²) in [5.74, 6) is 1.34. The number of likely N-dealkylation sites (tertiary alicyclic amines) is 1. The van der Waals surface area contributed by atoms with Crippen LogP contribution in [0.4, 0.5) is 0 Å². The number of carbonyl (C=O) groups is 1. The first-order valence-electron chi connectivity index (χ1n) is 7.33. The van der Waals surface area contributed by atoms with E-state index in [4.69, 9.17) is 4.74 Å². The minimum atomic E-state index is -0.171. The van der Waals surface area contributed by atoms with Crippen LogP contribution < -0.4 is 5.32 Å². The van der Waals surface area contributed by atoms with Crippen molar-refractivity contribution in [1.29, 1.82) is 0 Å². The Balaban J connectivity index is 1.77. The molecule has 18 heavy (non-hydrogen) atoms. The molecule has 1 amide bonds. The van der Waals surface area contributed by atoms with Crippen LogP contribution in [0.2, 0.25) is 0 Å². The minimum absolute atomic E-state index is 0.171. The predicted octanol–water partition coefficient (Wildman–Crippen LogP) is 1.26. The zero-order chi connectivity index (χ0) is 13.0. The lowest BCUT2D eigenvalue weighted by Crippen LogP contribution is -2.46. The summed E-state index contributed by atoms with van der Waals surface area (Å²) >= 11 is 0. The SMILES string of the molecule is CCNCC1CCN(C(=O)C2OCCC2C)CC1. The second kappa shape index (κ2) is 6.53. The van der Waals surface area contributed by atoms with E-state index in [1.165, 1.54) is 0 Å². The van der Waals surface area contributed by atoms with E-state index in [0.717, 1.165) is 58.0 Å². The summed E-state index contributed by atoms with van der Waals surface area (Å²) in [6, 6.07) is 0. The van der Waals surface area contributed by atoms with Crippen LogP contribution in [-0.2, 0) is 9.53 Å². The number of amides is 1. The van der Waals surface area contributed by atoms with Crippen LogP contribution in [0.1, 0.15) is 33.1 Å². The first-order chi connectivity index (χ1) is 8.72. The van der Waals surface area contributed by atoms with Crippen molar-refractivity contribution in [3.05, 3.63) is 0 Å². The van der Waals surface area contributed by atoms with Crippen molar-refractivity contribution in [2.45, 2.75) is 39.2 Å². The van der Waals surface area contributed by atoms with Gasteiger partial charge in [0.25, 0.3) is 5.91 Å². The van der Waals surface area contributed by atoms with Crippen LogP contribution >= 0.6 is 0 Å². The molecular weight excluding hydrogens is 228 g/mol. The number of nitrogens with zero attached hydrogens (tertiary/aromatic N) is 1. The lowest BCUT2D eigenvalue weighted by Gasteiger charge is -2.34. The lowest BCUT2D eigenvalue weighted by atomic mass is 9.95. The molecule has 2 fully saturated rings. The molecule has 0 bridgehead atoms. The first-order valence-corrected chi connectivity index (χ1v) is 7.33. The topological polar surface area (TPSA) is 41.6 Å². The molecule has 0 saturated carbocycles. The molecule has 2 heterocycles. The molecule has 104 valence electrons. The zero-order valence-corrected chi connectivity index (χ0v) is 11.7. The summed E-state index contributed by atoms with van der Waals surface area (Å²) < 4.78 is 5.57. The van der Waals surface area contributed by atoms with Gasteiger partial charge in [0.15, 0.2) is 0 Å². The van der Waals surface area contributed by atoms with E-state index in [1.54, 1.807) is 0 Å². The van der Waals surface area contributed by atoms with Crippen LogP contribution in [0, 0.1) is 11.8 Å². The Kier molecular flexibility index (Phi) is 5.01. The Labute approximate surface area is 110 Å². The van der Waals surface area contributed by atoms with Gasteiger partial charge in [-0.15, -0.1) is 0 Å². The van der Waals surface area contributed by atoms with Gasteiger partial charge in [-0.1, -0.05) is 13.8 Å². The Morgan fingerprint density at radius 2 is 2.06 bits per heavy atom. The van der Waals surface area contributed by atoms with Crippen molar-refractivity contribution < 1.29 is 9.53 Å². The van der Waals surface area contributed by atoms with Gasteiger partial charge in [-0.05, 0) is 44.2 Å². The molecule has 0 spiro atoms. The van der Waals surface area contributed by atoms with E-state index in [2.05, 4.69) is 19.2 Å². The van der Waals surface area contributed by atoms with Crippen LogP contribution in [0.5, 0.6) is 0 Å². The molecule has 2 saturated heterocycles. The van der Waals surface area contributed by atoms with Crippen LogP contribution in [-0.4, -0.2) is 49.7 Å². The molecule has 2 aliphatic rings. The van der Waals surface area contributed by atoms with Crippen LogP contribution in [0.3, 0.4) is 0 Å². The summed E-state index contributed by atoms with van der Waals surface area (Å²) in [6.07, 6.45) is 3.10. The molecular formula is C14H26N2O2.